The van der Waals surface area contributed by atoms with E-state index in [2.05, 4.69) is 11.7 Å². The summed E-state index contributed by atoms with van der Waals surface area (Å²) in [6.07, 6.45) is 1.43. The minimum atomic E-state index is -3.67. The van der Waals surface area contributed by atoms with Crippen molar-refractivity contribution >= 4 is 20.2 Å². The smallest absolute Gasteiger partial charge is 0.261 e. The molecule has 0 aliphatic heterocycles. The molecule has 10 heteroatoms. The topological polar surface area (TPSA) is 161 Å². The molecule has 0 fully saturated rings. The molecule has 6 N–H and O–H groups in total. The predicted molar refractivity (Wildman–Crippen MR) is 43.3 cm³/mol. The average molecular weight is 224 g/mol. The molecule has 0 aromatic heterocycles. The van der Waals surface area contributed by atoms with E-state index in [9.17, 15) is 16.8 Å². The molecular weight excluding hydrogens is 212 g/mol. The van der Waals surface area contributed by atoms with Gasteiger partial charge in [-0.1, -0.05) is 0 Å². The Hall–Kier alpha value is -0.260. The molecule has 0 spiro atoms. The molecule has 0 aromatic carbocycles. The Labute approximate surface area is 71.0 Å². The third-order valence-electron chi connectivity index (χ3n) is 0. The number of rotatable bonds is 0. The lowest BCUT2D eigenvalue weighted by Crippen LogP contribution is -2.02. The first-order chi connectivity index (χ1) is 5.00. The maximum absolute atomic E-state index is 9.19. The third-order valence-corrected chi connectivity index (χ3v) is 0. The van der Waals surface area contributed by atoms with Crippen molar-refractivity contribution in [2.45, 2.75) is 0 Å². The van der Waals surface area contributed by atoms with Crippen molar-refractivity contribution in [3.05, 3.63) is 0 Å². The molecule has 0 saturated heterocycles. The van der Waals surface area contributed by atoms with Crippen LogP contribution in [-0.4, -0.2) is 38.5 Å². The summed E-state index contributed by atoms with van der Waals surface area (Å²) in [4.78, 5) is 0. The molecule has 0 aliphatic carbocycles. The summed E-state index contributed by atoms with van der Waals surface area (Å²) < 4.78 is 51.7. The lowest BCUT2D eigenvalue weighted by Gasteiger charge is -1.69. The summed E-state index contributed by atoms with van der Waals surface area (Å²) >= 11 is 0. The maximum atomic E-state index is 9.19. The van der Waals surface area contributed by atoms with Crippen LogP contribution in [0.2, 0.25) is 0 Å². The number of hydrogen-bond acceptors (Lipinski definition) is 6. The van der Waals surface area contributed by atoms with Crippen LogP contribution in [0.15, 0.2) is 0 Å². The predicted octanol–water partition coefficient (Wildman–Crippen LogP) is -2.17. The fraction of sp³-hybridized carbons (Fsp3) is 1.00. The Morgan fingerprint density at radius 2 is 0.833 bits per heavy atom. The van der Waals surface area contributed by atoms with E-state index < -0.39 is 20.2 Å². The van der Waals surface area contributed by atoms with Gasteiger partial charge >= 0.3 is 0 Å². The van der Waals surface area contributed by atoms with Crippen LogP contribution in [-0.2, 0) is 20.2 Å². The van der Waals surface area contributed by atoms with Gasteiger partial charge in [-0.25, -0.2) is 0 Å². The van der Waals surface area contributed by atoms with E-state index in [1.807, 2.05) is 0 Å². The van der Waals surface area contributed by atoms with Crippen LogP contribution < -0.4 is 11.7 Å². The summed E-state index contributed by atoms with van der Waals surface area (Å²) in [5, 5.41) is 0. The molecular formula is C2H12N2O6S2. The summed E-state index contributed by atoms with van der Waals surface area (Å²) in [5.74, 6) is 8.00. The van der Waals surface area contributed by atoms with Crippen molar-refractivity contribution in [2.75, 3.05) is 12.5 Å². The molecule has 78 valence electrons. The molecule has 0 aromatic rings. The molecule has 0 saturated carbocycles. The lowest BCUT2D eigenvalue weighted by molar-refractivity contribution is 0.488. The molecule has 0 aliphatic rings. The van der Waals surface area contributed by atoms with Crippen molar-refractivity contribution in [3.8, 4) is 0 Å². The van der Waals surface area contributed by atoms with E-state index in [0.29, 0.717) is 12.5 Å². The van der Waals surface area contributed by atoms with Crippen LogP contribution in [0.1, 0.15) is 0 Å². The highest BCUT2D eigenvalue weighted by Crippen LogP contribution is 1.60. The van der Waals surface area contributed by atoms with Crippen molar-refractivity contribution in [1.82, 2.24) is 0 Å². The van der Waals surface area contributed by atoms with Gasteiger partial charge in [-0.2, -0.15) is 16.8 Å². The number of hydrazine groups is 1. The van der Waals surface area contributed by atoms with Gasteiger partial charge in [0.05, 0.1) is 12.5 Å². The van der Waals surface area contributed by atoms with E-state index >= 15 is 0 Å². The zero-order chi connectivity index (χ0) is 11.0. The van der Waals surface area contributed by atoms with E-state index in [1.54, 1.807) is 0 Å². The Kier molecular flexibility index (Phi) is 10.9. The third kappa shape index (κ3) is 11000. The molecule has 0 atom stereocenters. The fourth-order valence-corrected chi connectivity index (χ4v) is 0. The van der Waals surface area contributed by atoms with E-state index in [1.165, 1.54) is 0 Å². The summed E-state index contributed by atoms with van der Waals surface area (Å²) in [6, 6.07) is 0. The molecule has 0 rings (SSSR count). The Bertz CT molecular complexity index is 218. The van der Waals surface area contributed by atoms with E-state index in [4.69, 9.17) is 9.11 Å². The zero-order valence-corrected chi connectivity index (χ0v) is 8.13. The van der Waals surface area contributed by atoms with Crippen molar-refractivity contribution in [1.29, 1.82) is 0 Å². The van der Waals surface area contributed by atoms with Gasteiger partial charge in [-0.05, 0) is 0 Å². The quantitative estimate of drug-likeness (QED) is 0.205. The first-order valence-electron chi connectivity index (χ1n) is 2.18. The fourth-order valence-electron chi connectivity index (χ4n) is 0. The van der Waals surface area contributed by atoms with Crippen LogP contribution in [0.25, 0.3) is 0 Å². The number of nitrogens with two attached hydrogens (primary N) is 2. The molecule has 0 heterocycles. The molecule has 12 heavy (non-hydrogen) atoms. The van der Waals surface area contributed by atoms with Crippen LogP contribution in [0, 0.1) is 0 Å². The maximum Gasteiger partial charge on any atom is 0.261 e. The average Bonchev–Trinajstić information content (AvgIpc) is 1.59. The van der Waals surface area contributed by atoms with Gasteiger partial charge in [0, 0.05) is 0 Å². The normalized spacial score (nSPS) is 10.2. The van der Waals surface area contributed by atoms with Crippen LogP contribution in [0.5, 0.6) is 0 Å². The van der Waals surface area contributed by atoms with Crippen LogP contribution in [0.4, 0.5) is 0 Å². The SMILES string of the molecule is CS(=O)(=O)O.CS(=O)(=O)O.NN. The Morgan fingerprint density at radius 1 is 0.833 bits per heavy atom. The van der Waals surface area contributed by atoms with Crippen LogP contribution >= 0.6 is 0 Å². The first-order valence-corrected chi connectivity index (χ1v) is 5.88. The first kappa shape index (κ1) is 17.7. The van der Waals surface area contributed by atoms with E-state index in [0.717, 1.165) is 0 Å². The zero-order valence-electron chi connectivity index (χ0n) is 6.50. The van der Waals surface area contributed by atoms with Crippen molar-refractivity contribution < 1.29 is 25.9 Å². The van der Waals surface area contributed by atoms with Gasteiger partial charge in [-0.15, -0.1) is 0 Å². The highest BCUT2D eigenvalue weighted by molar-refractivity contribution is 7.85. The van der Waals surface area contributed by atoms with Crippen LogP contribution in [0.3, 0.4) is 0 Å². The van der Waals surface area contributed by atoms with Gasteiger partial charge in [0.25, 0.3) is 20.2 Å². The van der Waals surface area contributed by atoms with Gasteiger partial charge < -0.3 is 0 Å². The van der Waals surface area contributed by atoms with Crippen molar-refractivity contribution in [3.63, 3.8) is 0 Å². The second kappa shape index (κ2) is 7.39. The van der Waals surface area contributed by atoms with E-state index in [-0.39, 0.29) is 0 Å². The monoisotopic (exact) mass is 224 g/mol. The minimum absolute atomic E-state index is 0.715. The molecule has 0 amide bonds. The molecule has 8 nitrogen and oxygen atoms in total. The second-order valence-electron chi connectivity index (χ2n) is 1.47. The minimum Gasteiger partial charge on any atom is -0.286 e. The standard InChI is InChI=1S/2CH4O3S.H4N2/c2*1-5(2,3)4;1-2/h2*1H3,(H,2,3,4);1-2H2. The summed E-state index contributed by atoms with van der Waals surface area (Å²) in [6.45, 7) is 0. The Balaban J connectivity index is -0.000000112. The summed E-state index contributed by atoms with van der Waals surface area (Å²) in [5.41, 5.74) is 0. The van der Waals surface area contributed by atoms with Gasteiger partial charge in [0.1, 0.15) is 0 Å². The lowest BCUT2D eigenvalue weighted by atomic mass is 12.0. The van der Waals surface area contributed by atoms with Gasteiger partial charge in [0.2, 0.25) is 0 Å². The Morgan fingerprint density at radius 3 is 0.833 bits per heavy atom. The highest BCUT2D eigenvalue weighted by Gasteiger charge is 1.81. The molecule has 0 unspecified atom stereocenters. The second-order valence-corrected chi connectivity index (χ2v) is 4.40. The van der Waals surface area contributed by atoms with Gasteiger partial charge in [-0.3, -0.25) is 20.8 Å². The van der Waals surface area contributed by atoms with Gasteiger partial charge in [0.15, 0.2) is 0 Å². The highest BCUT2D eigenvalue weighted by atomic mass is 32.2. The molecule has 0 radical (unpaired) electrons. The van der Waals surface area contributed by atoms with Crippen molar-refractivity contribution in [2.24, 2.45) is 11.7 Å². The summed E-state index contributed by atoms with van der Waals surface area (Å²) in [7, 11) is -7.33. The largest absolute Gasteiger partial charge is 0.286 e. The number of hydrogen-bond donors (Lipinski definition) is 4. The molecule has 0 bridgehead atoms.